The highest BCUT2D eigenvalue weighted by Gasteiger charge is 2.18. The molecular formula is C16H23NO4. The Labute approximate surface area is 125 Å². The third-order valence-corrected chi connectivity index (χ3v) is 3.90. The van der Waals surface area contributed by atoms with E-state index >= 15 is 0 Å². The van der Waals surface area contributed by atoms with E-state index in [1.807, 2.05) is 18.2 Å². The monoisotopic (exact) mass is 293 g/mol. The highest BCUT2D eigenvalue weighted by atomic mass is 16.5. The number of β-amino-alcohol motifs (C(OH)–C–C–N with tert-alkyl or cyclic N) is 1. The summed E-state index contributed by atoms with van der Waals surface area (Å²) in [6.45, 7) is 5.38. The van der Waals surface area contributed by atoms with Crippen LogP contribution >= 0.6 is 0 Å². The number of hydrogen-bond acceptors (Lipinski definition) is 5. The molecule has 2 aliphatic heterocycles. The summed E-state index contributed by atoms with van der Waals surface area (Å²) in [5.74, 6) is 1.51. The number of aliphatic hydroxyl groups excluding tert-OH is 1. The molecular weight excluding hydrogens is 270 g/mol. The minimum Gasteiger partial charge on any atom is -0.490 e. The van der Waals surface area contributed by atoms with Gasteiger partial charge in [-0.15, -0.1) is 0 Å². The third-order valence-electron chi connectivity index (χ3n) is 3.90. The van der Waals surface area contributed by atoms with Crippen LogP contribution in [0, 0.1) is 0 Å². The summed E-state index contributed by atoms with van der Waals surface area (Å²) in [7, 11) is 0. The van der Waals surface area contributed by atoms with E-state index in [-0.39, 0.29) is 0 Å². The van der Waals surface area contributed by atoms with Gasteiger partial charge < -0.3 is 19.3 Å². The number of ether oxygens (including phenoxy) is 3. The first-order valence-corrected chi connectivity index (χ1v) is 7.70. The predicted octanol–water partition coefficient (Wildman–Crippen LogP) is 1.60. The minimum atomic E-state index is -0.514. The van der Waals surface area contributed by atoms with Crippen LogP contribution in [-0.4, -0.2) is 56.1 Å². The molecule has 1 aromatic rings. The number of nitrogens with zero attached hydrogens (tertiary/aromatic N) is 1. The van der Waals surface area contributed by atoms with Crippen LogP contribution in [0.3, 0.4) is 0 Å². The van der Waals surface area contributed by atoms with Gasteiger partial charge in [0.15, 0.2) is 11.5 Å². The minimum absolute atomic E-state index is 0.514. The Morgan fingerprint density at radius 1 is 1.00 bits per heavy atom. The molecule has 21 heavy (non-hydrogen) atoms. The van der Waals surface area contributed by atoms with Crippen LogP contribution in [0.1, 0.15) is 24.5 Å². The van der Waals surface area contributed by atoms with E-state index in [0.29, 0.717) is 19.8 Å². The summed E-state index contributed by atoms with van der Waals surface area (Å²) in [4.78, 5) is 2.25. The Morgan fingerprint density at radius 3 is 2.76 bits per heavy atom. The summed E-state index contributed by atoms with van der Waals surface area (Å²) in [6, 6.07) is 5.72. The first kappa shape index (κ1) is 14.6. The molecule has 2 heterocycles. The fourth-order valence-corrected chi connectivity index (χ4v) is 2.72. The Kier molecular flexibility index (Phi) is 4.95. The molecule has 1 aromatic carbocycles. The summed E-state index contributed by atoms with van der Waals surface area (Å²) < 4.78 is 16.7. The third kappa shape index (κ3) is 3.87. The molecule has 1 N–H and O–H groups in total. The lowest BCUT2D eigenvalue weighted by Crippen LogP contribution is -2.31. The fraction of sp³-hybridized carbons (Fsp3) is 0.625. The van der Waals surface area contributed by atoms with Crippen LogP contribution in [0.25, 0.3) is 0 Å². The lowest BCUT2D eigenvalue weighted by Gasteiger charge is -2.23. The van der Waals surface area contributed by atoms with E-state index in [1.165, 1.54) is 0 Å². The van der Waals surface area contributed by atoms with Gasteiger partial charge >= 0.3 is 0 Å². The number of aliphatic hydroxyl groups is 1. The molecule has 0 saturated carbocycles. The molecule has 1 fully saturated rings. The average Bonchev–Trinajstić information content (AvgIpc) is 2.88. The van der Waals surface area contributed by atoms with Crippen molar-refractivity contribution in [1.29, 1.82) is 0 Å². The molecule has 2 aliphatic rings. The number of rotatable bonds is 3. The lowest BCUT2D eigenvalue weighted by atomic mass is 10.1. The number of fused-ring (bicyclic) bond motifs is 1. The standard InChI is InChI=1S/C16H23NO4/c18-14(12-17-5-1-7-19-10-6-17)13-3-4-15-16(11-13)21-9-2-8-20-15/h3-4,11,14,18H,1-2,5-10,12H2. The zero-order chi connectivity index (χ0) is 14.5. The van der Waals surface area contributed by atoms with Crippen LogP contribution in [0.2, 0.25) is 0 Å². The van der Waals surface area contributed by atoms with Crippen molar-refractivity contribution in [2.45, 2.75) is 18.9 Å². The maximum Gasteiger partial charge on any atom is 0.161 e. The second-order valence-corrected chi connectivity index (χ2v) is 5.54. The van der Waals surface area contributed by atoms with Crippen molar-refractivity contribution in [3.8, 4) is 11.5 Å². The molecule has 0 amide bonds. The molecule has 0 bridgehead atoms. The Morgan fingerprint density at radius 2 is 1.86 bits per heavy atom. The Bertz CT molecular complexity index is 458. The SMILES string of the molecule is OC(CN1CCCOCC1)c1ccc2c(c1)OCCCO2. The molecule has 0 spiro atoms. The van der Waals surface area contributed by atoms with Gasteiger partial charge in [-0.05, 0) is 24.1 Å². The van der Waals surface area contributed by atoms with E-state index < -0.39 is 6.10 Å². The van der Waals surface area contributed by atoms with Gasteiger partial charge in [0, 0.05) is 32.7 Å². The van der Waals surface area contributed by atoms with Gasteiger partial charge in [-0.1, -0.05) is 6.07 Å². The fourth-order valence-electron chi connectivity index (χ4n) is 2.72. The highest BCUT2D eigenvalue weighted by molar-refractivity contribution is 5.44. The van der Waals surface area contributed by atoms with Crippen LogP contribution in [-0.2, 0) is 4.74 Å². The second-order valence-electron chi connectivity index (χ2n) is 5.54. The zero-order valence-electron chi connectivity index (χ0n) is 12.3. The predicted molar refractivity (Wildman–Crippen MR) is 78.9 cm³/mol. The van der Waals surface area contributed by atoms with E-state index in [2.05, 4.69) is 4.90 Å². The lowest BCUT2D eigenvalue weighted by molar-refractivity contribution is 0.103. The molecule has 1 unspecified atom stereocenters. The largest absolute Gasteiger partial charge is 0.490 e. The van der Waals surface area contributed by atoms with Gasteiger partial charge in [0.2, 0.25) is 0 Å². The van der Waals surface area contributed by atoms with E-state index in [4.69, 9.17) is 14.2 Å². The highest BCUT2D eigenvalue weighted by Crippen LogP contribution is 2.32. The molecule has 0 radical (unpaired) electrons. The molecule has 3 rings (SSSR count). The maximum atomic E-state index is 10.5. The molecule has 5 heteroatoms. The zero-order valence-corrected chi connectivity index (χ0v) is 12.3. The van der Waals surface area contributed by atoms with Crippen LogP contribution < -0.4 is 9.47 Å². The molecule has 116 valence electrons. The molecule has 1 saturated heterocycles. The van der Waals surface area contributed by atoms with Crippen molar-refractivity contribution in [2.24, 2.45) is 0 Å². The van der Waals surface area contributed by atoms with Crippen molar-refractivity contribution >= 4 is 0 Å². The van der Waals surface area contributed by atoms with Gasteiger partial charge in [0.05, 0.1) is 25.9 Å². The van der Waals surface area contributed by atoms with E-state index in [1.54, 1.807) is 0 Å². The van der Waals surface area contributed by atoms with Gasteiger partial charge in [-0.25, -0.2) is 0 Å². The average molecular weight is 293 g/mol. The van der Waals surface area contributed by atoms with Crippen LogP contribution in [0.15, 0.2) is 18.2 Å². The summed E-state index contributed by atoms with van der Waals surface area (Å²) in [6.07, 6.45) is 1.40. The molecule has 1 atom stereocenters. The van der Waals surface area contributed by atoms with Crippen molar-refractivity contribution in [3.05, 3.63) is 23.8 Å². The topological polar surface area (TPSA) is 51.2 Å². The smallest absolute Gasteiger partial charge is 0.161 e. The second kappa shape index (κ2) is 7.11. The number of hydrogen-bond donors (Lipinski definition) is 1. The Balaban J connectivity index is 1.66. The van der Waals surface area contributed by atoms with Crippen molar-refractivity contribution in [1.82, 2.24) is 4.90 Å². The summed E-state index contributed by atoms with van der Waals surface area (Å²) in [5.41, 5.74) is 0.879. The number of benzene rings is 1. The van der Waals surface area contributed by atoms with Crippen LogP contribution in [0.5, 0.6) is 11.5 Å². The molecule has 0 aliphatic carbocycles. The van der Waals surface area contributed by atoms with Crippen LogP contribution in [0.4, 0.5) is 0 Å². The molecule has 0 aromatic heterocycles. The van der Waals surface area contributed by atoms with Crippen molar-refractivity contribution in [3.63, 3.8) is 0 Å². The first-order valence-electron chi connectivity index (χ1n) is 7.70. The van der Waals surface area contributed by atoms with Gasteiger partial charge in [-0.3, -0.25) is 4.90 Å². The van der Waals surface area contributed by atoms with Gasteiger partial charge in [0.25, 0.3) is 0 Å². The first-order chi connectivity index (χ1) is 10.3. The van der Waals surface area contributed by atoms with E-state index in [9.17, 15) is 5.11 Å². The maximum absolute atomic E-state index is 10.5. The van der Waals surface area contributed by atoms with Gasteiger partial charge in [-0.2, -0.15) is 0 Å². The van der Waals surface area contributed by atoms with Crippen molar-refractivity contribution in [2.75, 3.05) is 46.1 Å². The Hall–Kier alpha value is -1.30. The van der Waals surface area contributed by atoms with E-state index in [0.717, 1.165) is 56.2 Å². The summed E-state index contributed by atoms with van der Waals surface area (Å²) >= 11 is 0. The van der Waals surface area contributed by atoms with Crippen molar-refractivity contribution < 1.29 is 19.3 Å². The summed E-state index contributed by atoms with van der Waals surface area (Å²) in [5, 5.41) is 10.5. The van der Waals surface area contributed by atoms with Gasteiger partial charge in [0.1, 0.15) is 0 Å². The quantitative estimate of drug-likeness (QED) is 0.917. The molecule has 5 nitrogen and oxygen atoms in total. The normalized spacial score (nSPS) is 21.4.